The highest BCUT2D eigenvalue weighted by molar-refractivity contribution is 7.27. The molecule has 1 atom stereocenters. The van der Waals surface area contributed by atoms with Crippen LogP contribution in [0.1, 0.15) is 47.2 Å². The van der Waals surface area contributed by atoms with Crippen molar-refractivity contribution >= 4 is 37.3 Å². The second-order valence-corrected chi connectivity index (χ2v) is 11.3. The molecule has 1 unspecified atom stereocenters. The van der Waals surface area contributed by atoms with Crippen LogP contribution in [0.2, 0.25) is 0 Å². The summed E-state index contributed by atoms with van der Waals surface area (Å²) in [7, 11) is 4.01. The first-order chi connectivity index (χ1) is 20.4. The maximum Gasteiger partial charge on any atom is 0.339 e. The van der Waals surface area contributed by atoms with E-state index in [1.54, 1.807) is 6.07 Å². The van der Waals surface area contributed by atoms with Gasteiger partial charge in [0, 0.05) is 5.30 Å². The van der Waals surface area contributed by atoms with E-state index in [9.17, 15) is 14.7 Å². The maximum atomic E-state index is 13.8. The molecule has 0 amide bonds. The zero-order valence-electron chi connectivity index (χ0n) is 23.6. The number of aromatic carboxylic acids is 1. The predicted molar refractivity (Wildman–Crippen MR) is 164 cm³/mol. The largest absolute Gasteiger partial charge is 0.496 e. The summed E-state index contributed by atoms with van der Waals surface area (Å²) in [5.41, 5.74) is 1.22. The molecule has 0 heterocycles. The molecular weight excluding hydrogens is 551 g/mol. The normalized spacial score (nSPS) is 18.4. The van der Waals surface area contributed by atoms with Gasteiger partial charge in [-0.05, 0) is 59.7 Å². The molecule has 1 saturated carbocycles. The van der Waals surface area contributed by atoms with Gasteiger partial charge in [0.2, 0.25) is 0 Å². The van der Waals surface area contributed by atoms with E-state index in [4.69, 9.17) is 18.9 Å². The summed E-state index contributed by atoms with van der Waals surface area (Å²) in [6, 6.07) is 27.1. The summed E-state index contributed by atoms with van der Waals surface area (Å²) in [6.45, 7) is 0.823. The number of carbonyl (C=O) groups is 2. The van der Waals surface area contributed by atoms with Crippen LogP contribution >= 0.6 is 9.24 Å². The van der Waals surface area contributed by atoms with Gasteiger partial charge in [-0.3, -0.25) is 4.79 Å². The van der Waals surface area contributed by atoms with Crippen LogP contribution in [0.25, 0.3) is 10.8 Å². The number of hydrogen-bond donors (Lipinski definition) is 1. The van der Waals surface area contributed by atoms with Gasteiger partial charge in [-0.15, -0.1) is 9.24 Å². The highest BCUT2D eigenvalue weighted by Gasteiger charge is 2.44. The van der Waals surface area contributed by atoms with Crippen molar-refractivity contribution in [2.75, 3.05) is 13.7 Å². The van der Waals surface area contributed by atoms with Crippen LogP contribution in [0.4, 0.5) is 0 Å². The Bertz CT molecular complexity index is 1540. The first kappa shape index (κ1) is 29.6. The lowest BCUT2D eigenvalue weighted by atomic mass is 9.73. The lowest BCUT2D eigenvalue weighted by molar-refractivity contribution is -0.166. The number of esters is 1. The predicted octanol–water partition coefficient (Wildman–Crippen LogP) is 6.32. The maximum absolute atomic E-state index is 13.8. The SMILES string of the molecule is COc1cc(P)c(OC2CCC(COCc3ccccc3)(C(=O)OCc3cccc4ccccc34)CC2)cc1C(=O)O. The molecule has 7 nitrogen and oxygen atoms in total. The van der Waals surface area contributed by atoms with E-state index in [2.05, 4.69) is 9.24 Å². The molecule has 0 radical (unpaired) electrons. The Balaban J connectivity index is 1.29. The van der Waals surface area contributed by atoms with E-state index in [1.807, 2.05) is 72.8 Å². The van der Waals surface area contributed by atoms with E-state index < -0.39 is 11.4 Å². The Kier molecular flexibility index (Phi) is 9.41. The van der Waals surface area contributed by atoms with Crippen molar-refractivity contribution in [2.24, 2.45) is 5.41 Å². The van der Waals surface area contributed by atoms with E-state index in [1.165, 1.54) is 13.2 Å². The Morgan fingerprint density at radius 1 is 0.905 bits per heavy atom. The molecule has 4 aromatic rings. The van der Waals surface area contributed by atoms with E-state index in [0.717, 1.165) is 21.9 Å². The van der Waals surface area contributed by atoms with E-state index in [0.29, 0.717) is 43.3 Å². The molecule has 0 saturated heterocycles. The van der Waals surface area contributed by atoms with Crippen LogP contribution in [0.15, 0.2) is 84.9 Å². The first-order valence-electron chi connectivity index (χ1n) is 14.0. The lowest BCUT2D eigenvalue weighted by Crippen LogP contribution is -2.43. The lowest BCUT2D eigenvalue weighted by Gasteiger charge is -2.38. The molecule has 1 aliphatic carbocycles. The van der Waals surface area contributed by atoms with Crippen LogP contribution in [0.5, 0.6) is 11.5 Å². The van der Waals surface area contributed by atoms with E-state index >= 15 is 0 Å². The fourth-order valence-corrected chi connectivity index (χ4v) is 5.82. The summed E-state index contributed by atoms with van der Waals surface area (Å²) in [6.07, 6.45) is 2.05. The van der Waals surface area contributed by atoms with Gasteiger partial charge in [0.1, 0.15) is 23.7 Å². The first-order valence-corrected chi connectivity index (χ1v) is 14.6. The third-order valence-corrected chi connectivity index (χ3v) is 8.36. The van der Waals surface area contributed by atoms with Crippen molar-refractivity contribution in [3.05, 3.63) is 102 Å². The third-order valence-electron chi connectivity index (χ3n) is 7.91. The minimum atomic E-state index is -1.09. The Morgan fingerprint density at radius 2 is 1.62 bits per heavy atom. The smallest absolute Gasteiger partial charge is 0.339 e. The van der Waals surface area contributed by atoms with Crippen LogP contribution < -0.4 is 14.8 Å². The van der Waals surface area contributed by atoms with Crippen molar-refractivity contribution in [3.8, 4) is 11.5 Å². The van der Waals surface area contributed by atoms with Crippen molar-refractivity contribution < 1.29 is 33.6 Å². The molecule has 0 aromatic heterocycles. The van der Waals surface area contributed by atoms with Gasteiger partial charge in [0.05, 0.1) is 31.8 Å². The van der Waals surface area contributed by atoms with E-state index in [-0.39, 0.29) is 36.6 Å². The van der Waals surface area contributed by atoms with Gasteiger partial charge in [-0.1, -0.05) is 72.8 Å². The Hall–Kier alpha value is -3.93. The van der Waals surface area contributed by atoms with Gasteiger partial charge in [0.15, 0.2) is 0 Å². The molecule has 5 rings (SSSR count). The average Bonchev–Trinajstić information content (AvgIpc) is 3.01. The minimum absolute atomic E-state index is 0.0372. The summed E-state index contributed by atoms with van der Waals surface area (Å²) < 4.78 is 23.6. The topological polar surface area (TPSA) is 91.3 Å². The number of rotatable bonds is 11. The molecule has 0 bridgehead atoms. The molecule has 1 fully saturated rings. The van der Waals surface area contributed by atoms with Crippen LogP contribution in [0, 0.1) is 5.41 Å². The average molecular weight is 587 g/mol. The molecule has 8 heteroatoms. The monoisotopic (exact) mass is 586 g/mol. The highest BCUT2D eigenvalue weighted by Crippen LogP contribution is 2.40. The van der Waals surface area contributed by atoms with Crippen LogP contribution in [-0.2, 0) is 27.5 Å². The van der Waals surface area contributed by atoms with Gasteiger partial charge >= 0.3 is 11.9 Å². The number of benzene rings is 4. The third kappa shape index (κ3) is 6.75. The number of carbonyl (C=O) groups excluding carboxylic acids is 1. The van der Waals surface area contributed by atoms with Gasteiger partial charge < -0.3 is 24.1 Å². The van der Waals surface area contributed by atoms with Crippen molar-refractivity contribution in [1.82, 2.24) is 0 Å². The number of carboxylic acid groups (broad SMARTS) is 1. The zero-order valence-corrected chi connectivity index (χ0v) is 24.7. The zero-order chi connectivity index (χ0) is 29.5. The number of fused-ring (bicyclic) bond motifs is 1. The standard InChI is InChI=1S/C34H35O7P/c1-38-29-19-31(42)30(18-28(29)32(35)36)41-26-14-16-34(17-15-26,22-39-20-23-8-3-2-4-9-23)33(37)40-21-25-12-7-11-24-10-5-6-13-27(24)25/h2-13,18-19,26H,14-17,20-22,42H2,1H3,(H,35,36). The van der Waals surface area contributed by atoms with Crippen molar-refractivity contribution in [2.45, 2.75) is 45.0 Å². The van der Waals surface area contributed by atoms with Gasteiger partial charge in [0.25, 0.3) is 0 Å². The second kappa shape index (κ2) is 13.4. The van der Waals surface area contributed by atoms with Gasteiger partial charge in [-0.25, -0.2) is 4.79 Å². The molecule has 4 aromatic carbocycles. The fourth-order valence-electron chi connectivity index (χ4n) is 5.52. The second-order valence-electron chi connectivity index (χ2n) is 10.7. The summed E-state index contributed by atoms with van der Waals surface area (Å²) in [4.78, 5) is 25.5. The van der Waals surface area contributed by atoms with Crippen molar-refractivity contribution in [1.29, 1.82) is 0 Å². The summed E-state index contributed by atoms with van der Waals surface area (Å²) >= 11 is 0. The summed E-state index contributed by atoms with van der Waals surface area (Å²) in [5, 5.41) is 12.5. The Labute approximate surface area is 248 Å². The van der Waals surface area contributed by atoms with Crippen molar-refractivity contribution in [3.63, 3.8) is 0 Å². The number of carboxylic acids is 1. The summed E-state index contributed by atoms with van der Waals surface area (Å²) in [5.74, 6) is -0.623. The van der Waals surface area contributed by atoms with Crippen LogP contribution in [-0.4, -0.2) is 36.9 Å². The fraction of sp³-hybridized carbons (Fsp3) is 0.294. The molecular formula is C34H35O7P. The number of methoxy groups -OCH3 is 1. The molecule has 42 heavy (non-hydrogen) atoms. The highest BCUT2D eigenvalue weighted by atomic mass is 31.0. The molecule has 1 aliphatic rings. The minimum Gasteiger partial charge on any atom is -0.496 e. The molecule has 0 spiro atoms. The molecule has 1 N–H and O–H groups in total. The quantitative estimate of drug-likeness (QED) is 0.163. The molecule has 218 valence electrons. The van der Waals surface area contributed by atoms with Gasteiger partial charge in [-0.2, -0.15) is 0 Å². The number of hydrogen-bond acceptors (Lipinski definition) is 6. The number of ether oxygens (including phenoxy) is 4. The molecule has 0 aliphatic heterocycles. The van der Waals surface area contributed by atoms with Crippen LogP contribution in [0.3, 0.4) is 0 Å². The Morgan fingerprint density at radius 3 is 2.36 bits per heavy atom.